The number of halogens is 1. The van der Waals surface area contributed by atoms with Crippen LogP contribution in [0.1, 0.15) is 28.1 Å². The van der Waals surface area contributed by atoms with Crippen molar-refractivity contribution in [3.63, 3.8) is 0 Å². The smallest absolute Gasteiger partial charge is 0.0738 e. The topological polar surface area (TPSA) is 17.8 Å². The summed E-state index contributed by atoms with van der Waals surface area (Å²) in [5.74, 6) is 2.02. The molecule has 0 aliphatic rings. The minimum absolute atomic E-state index is 0.977. The molecule has 0 aliphatic carbocycles. The Hall–Kier alpha value is -0.740. The number of hydrogen-bond donors (Lipinski definition) is 0. The average molecular weight is 339 g/mol. The van der Waals surface area contributed by atoms with Crippen LogP contribution in [0.25, 0.3) is 0 Å². The van der Waals surface area contributed by atoms with Crippen LogP contribution >= 0.6 is 27.7 Å². The van der Waals surface area contributed by atoms with E-state index in [4.69, 9.17) is 0 Å². The van der Waals surface area contributed by atoms with Crippen molar-refractivity contribution in [2.24, 2.45) is 7.05 Å². The molecular weight excluding hydrogens is 320 g/mol. The molecule has 19 heavy (non-hydrogen) atoms. The van der Waals surface area contributed by atoms with E-state index in [1.165, 1.54) is 22.4 Å². The van der Waals surface area contributed by atoms with Gasteiger partial charge in [-0.3, -0.25) is 4.68 Å². The van der Waals surface area contributed by atoms with E-state index in [0.29, 0.717) is 0 Å². The van der Waals surface area contributed by atoms with Crippen molar-refractivity contribution in [3.8, 4) is 0 Å². The van der Waals surface area contributed by atoms with Gasteiger partial charge in [-0.25, -0.2) is 0 Å². The van der Waals surface area contributed by atoms with Gasteiger partial charge in [-0.1, -0.05) is 29.3 Å². The molecule has 1 aromatic heterocycles. The monoisotopic (exact) mass is 338 g/mol. The van der Waals surface area contributed by atoms with Crippen molar-refractivity contribution >= 4 is 27.7 Å². The number of benzene rings is 1. The summed E-state index contributed by atoms with van der Waals surface area (Å²) >= 11 is 5.54. The van der Waals surface area contributed by atoms with Crippen LogP contribution in [0.4, 0.5) is 0 Å². The van der Waals surface area contributed by atoms with Gasteiger partial charge in [-0.05, 0) is 42.3 Å². The first-order valence-electron chi connectivity index (χ1n) is 6.30. The molecule has 2 rings (SSSR count). The molecule has 4 heteroatoms. The zero-order valence-corrected chi connectivity index (χ0v) is 14.2. The SMILES string of the molecule is Cc1cc(C)cc(CSCc2c(Br)c(C)nn2C)c1. The molecular formula is C15H19BrN2S. The van der Waals surface area contributed by atoms with E-state index >= 15 is 0 Å². The number of aryl methyl sites for hydroxylation is 4. The van der Waals surface area contributed by atoms with Gasteiger partial charge in [0.1, 0.15) is 0 Å². The summed E-state index contributed by atoms with van der Waals surface area (Å²) in [5.41, 5.74) is 6.40. The molecule has 2 nitrogen and oxygen atoms in total. The molecule has 0 aliphatic heterocycles. The summed E-state index contributed by atoms with van der Waals surface area (Å²) in [5, 5.41) is 4.42. The molecule has 0 saturated heterocycles. The molecule has 0 fully saturated rings. The maximum atomic E-state index is 4.42. The normalized spacial score (nSPS) is 11.0. The summed E-state index contributed by atoms with van der Waals surface area (Å²) in [6.07, 6.45) is 0. The summed E-state index contributed by atoms with van der Waals surface area (Å²) in [4.78, 5) is 0. The standard InChI is InChI=1S/C15H19BrN2S/c1-10-5-11(2)7-13(6-10)8-19-9-14-15(16)12(3)17-18(14)4/h5-7H,8-9H2,1-4H3. The molecule has 0 spiro atoms. The Kier molecular flexibility index (Phi) is 4.74. The zero-order chi connectivity index (χ0) is 14.0. The van der Waals surface area contributed by atoms with E-state index in [0.717, 1.165) is 21.7 Å². The fourth-order valence-electron chi connectivity index (χ4n) is 2.25. The number of aromatic nitrogens is 2. The van der Waals surface area contributed by atoms with Crippen LogP contribution in [0.15, 0.2) is 22.7 Å². The van der Waals surface area contributed by atoms with E-state index in [2.05, 4.69) is 53.1 Å². The van der Waals surface area contributed by atoms with Gasteiger partial charge >= 0.3 is 0 Å². The van der Waals surface area contributed by atoms with E-state index in [-0.39, 0.29) is 0 Å². The predicted molar refractivity (Wildman–Crippen MR) is 86.6 cm³/mol. The number of hydrogen-bond acceptors (Lipinski definition) is 2. The Labute approximate surface area is 127 Å². The van der Waals surface area contributed by atoms with Gasteiger partial charge < -0.3 is 0 Å². The Balaban J connectivity index is 2.00. The van der Waals surface area contributed by atoms with Gasteiger partial charge in [0.15, 0.2) is 0 Å². The van der Waals surface area contributed by atoms with Crippen LogP contribution in [0, 0.1) is 20.8 Å². The van der Waals surface area contributed by atoms with Crippen LogP contribution in [-0.4, -0.2) is 9.78 Å². The second kappa shape index (κ2) is 6.14. The fraction of sp³-hybridized carbons (Fsp3) is 0.400. The minimum atomic E-state index is 0.977. The summed E-state index contributed by atoms with van der Waals surface area (Å²) in [6.45, 7) is 6.34. The van der Waals surface area contributed by atoms with Crippen LogP contribution < -0.4 is 0 Å². The zero-order valence-electron chi connectivity index (χ0n) is 11.8. The number of nitrogens with zero attached hydrogens (tertiary/aromatic N) is 2. The molecule has 0 N–H and O–H groups in total. The van der Waals surface area contributed by atoms with Gasteiger partial charge in [0.25, 0.3) is 0 Å². The van der Waals surface area contributed by atoms with Gasteiger partial charge in [-0.15, -0.1) is 0 Å². The van der Waals surface area contributed by atoms with E-state index in [9.17, 15) is 0 Å². The van der Waals surface area contributed by atoms with Crippen molar-refractivity contribution < 1.29 is 0 Å². The lowest BCUT2D eigenvalue weighted by atomic mass is 10.1. The third kappa shape index (κ3) is 3.63. The largest absolute Gasteiger partial charge is 0.270 e. The minimum Gasteiger partial charge on any atom is -0.270 e. The van der Waals surface area contributed by atoms with E-state index < -0.39 is 0 Å². The number of thioether (sulfide) groups is 1. The van der Waals surface area contributed by atoms with Gasteiger partial charge in [0.2, 0.25) is 0 Å². The molecule has 102 valence electrons. The lowest BCUT2D eigenvalue weighted by molar-refractivity contribution is 0.727. The van der Waals surface area contributed by atoms with Gasteiger partial charge in [-0.2, -0.15) is 16.9 Å². The lowest BCUT2D eigenvalue weighted by Crippen LogP contribution is -1.97. The first kappa shape index (κ1) is 14.7. The molecule has 1 aromatic carbocycles. The highest BCUT2D eigenvalue weighted by Crippen LogP contribution is 2.26. The predicted octanol–water partition coefficient (Wildman–Crippen LogP) is 4.54. The molecule has 0 saturated carbocycles. The maximum Gasteiger partial charge on any atom is 0.0738 e. The molecule has 0 atom stereocenters. The highest BCUT2D eigenvalue weighted by molar-refractivity contribution is 9.10. The molecule has 0 radical (unpaired) electrons. The molecule has 0 unspecified atom stereocenters. The number of rotatable bonds is 4. The van der Waals surface area contributed by atoms with Crippen molar-refractivity contribution in [2.75, 3.05) is 0 Å². The molecule has 2 aromatic rings. The van der Waals surface area contributed by atoms with Crippen molar-refractivity contribution in [2.45, 2.75) is 32.3 Å². The van der Waals surface area contributed by atoms with Crippen LogP contribution in [-0.2, 0) is 18.6 Å². The molecule has 0 amide bonds. The highest BCUT2D eigenvalue weighted by atomic mass is 79.9. The van der Waals surface area contributed by atoms with Gasteiger partial charge in [0, 0.05) is 18.6 Å². The van der Waals surface area contributed by atoms with Crippen LogP contribution in [0.3, 0.4) is 0 Å². The summed E-state index contributed by atoms with van der Waals surface area (Å²) < 4.78 is 3.11. The van der Waals surface area contributed by atoms with Crippen molar-refractivity contribution in [3.05, 3.63) is 50.8 Å². The van der Waals surface area contributed by atoms with Crippen molar-refractivity contribution in [1.82, 2.24) is 9.78 Å². The second-order valence-electron chi connectivity index (χ2n) is 4.96. The Morgan fingerprint density at radius 3 is 2.26 bits per heavy atom. The van der Waals surface area contributed by atoms with Crippen molar-refractivity contribution in [1.29, 1.82) is 0 Å². The Morgan fingerprint density at radius 2 is 1.74 bits per heavy atom. The lowest BCUT2D eigenvalue weighted by Gasteiger charge is -2.06. The third-order valence-corrected chi connectivity index (χ3v) is 5.10. The maximum absolute atomic E-state index is 4.42. The van der Waals surface area contributed by atoms with Crippen LogP contribution in [0.2, 0.25) is 0 Å². The van der Waals surface area contributed by atoms with E-state index in [1.54, 1.807) is 0 Å². The third-order valence-electron chi connectivity index (χ3n) is 3.05. The Morgan fingerprint density at radius 1 is 1.11 bits per heavy atom. The van der Waals surface area contributed by atoms with Gasteiger partial charge in [0.05, 0.1) is 15.9 Å². The van der Waals surface area contributed by atoms with E-state index in [1.807, 2.05) is 30.4 Å². The Bertz CT molecular complexity index is 570. The first-order valence-corrected chi connectivity index (χ1v) is 8.25. The fourth-order valence-corrected chi connectivity index (χ4v) is 3.95. The summed E-state index contributed by atoms with van der Waals surface area (Å²) in [6, 6.07) is 6.75. The summed E-state index contributed by atoms with van der Waals surface area (Å²) in [7, 11) is 2.00. The highest BCUT2D eigenvalue weighted by Gasteiger charge is 2.10. The quantitative estimate of drug-likeness (QED) is 0.814. The first-order chi connectivity index (χ1) is 8.97. The average Bonchev–Trinajstić information content (AvgIpc) is 2.54. The molecule has 0 bridgehead atoms. The van der Waals surface area contributed by atoms with Crippen LogP contribution in [0.5, 0.6) is 0 Å². The second-order valence-corrected chi connectivity index (χ2v) is 6.74. The molecule has 1 heterocycles.